The predicted octanol–water partition coefficient (Wildman–Crippen LogP) is 3.97. The van der Waals surface area contributed by atoms with Gasteiger partial charge in [-0.1, -0.05) is 51.3 Å². The van der Waals surface area contributed by atoms with Gasteiger partial charge in [-0.3, -0.25) is 9.59 Å². The smallest absolute Gasteiger partial charge is 0.404 e. The standard InChI is InChI=1S/C33H49BN6O6/c1-20(2)14-29(34-45-28-18-23-17-27(32(23,3)4)33(28,5)46-34)37-30(42)21(10-9-13-36-31(35)38-40(43)44)15-24(41)16-22-19-39(6)26-12-8-7-11-25(22)26/h7-8,11-12,19-21,23,27-29H,9-10,13-18H2,1-6H3,(H,37,42)(H3,35,36,38)/t21-,23+,27+,28-,29+,33+/m1/s1. The minimum absolute atomic E-state index is 0.00463. The van der Waals surface area contributed by atoms with Crippen LogP contribution >= 0.6 is 0 Å². The molecule has 0 spiro atoms. The second kappa shape index (κ2) is 13.3. The van der Waals surface area contributed by atoms with Crippen LogP contribution in [0.2, 0.25) is 0 Å². The van der Waals surface area contributed by atoms with Gasteiger partial charge in [0.25, 0.3) is 5.96 Å². The minimum Gasteiger partial charge on any atom is -0.404 e. The van der Waals surface area contributed by atoms with Crippen LogP contribution in [0.4, 0.5) is 0 Å². The van der Waals surface area contributed by atoms with E-state index in [1.807, 2.05) is 47.5 Å². The zero-order valence-corrected chi connectivity index (χ0v) is 28.0. The Morgan fingerprint density at radius 2 is 1.98 bits per heavy atom. The summed E-state index contributed by atoms with van der Waals surface area (Å²) < 4.78 is 15.3. The number of nitrogens with two attached hydrogens (primary N) is 1. The molecule has 2 aromatic rings. The average molecular weight is 637 g/mol. The monoisotopic (exact) mass is 636 g/mol. The zero-order chi connectivity index (χ0) is 33.4. The van der Waals surface area contributed by atoms with E-state index in [0.717, 1.165) is 29.3 Å². The Morgan fingerprint density at radius 1 is 1.24 bits per heavy atom. The fourth-order valence-electron chi connectivity index (χ4n) is 8.24. The van der Waals surface area contributed by atoms with Gasteiger partial charge in [0, 0.05) is 49.5 Å². The first-order valence-electron chi connectivity index (χ1n) is 16.6. The number of hydrogen-bond acceptors (Lipinski definition) is 7. The van der Waals surface area contributed by atoms with E-state index in [-0.39, 0.29) is 60.4 Å². The molecule has 6 atom stereocenters. The number of ketones is 1. The van der Waals surface area contributed by atoms with Crippen LogP contribution in [0.3, 0.4) is 0 Å². The number of nitro groups is 1. The molecule has 0 unspecified atom stereocenters. The van der Waals surface area contributed by atoms with Gasteiger partial charge in [0.2, 0.25) is 5.91 Å². The number of carbonyl (C=O) groups is 2. The molecule has 4 fully saturated rings. The number of fused-ring (bicyclic) bond motifs is 1. The molecule has 250 valence electrons. The number of hydrogen-bond donors (Lipinski definition) is 3. The number of Topliss-reactive ketones (excluding diaryl/α,β-unsaturated/α-hetero) is 1. The molecule has 1 amide bonds. The molecule has 1 aromatic heterocycles. The number of guanidine groups is 1. The maximum Gasteiger partial charge on any atom is 0.481 e. The van der Waals surface area contributed by atoms with E-state index in [1.54, 1.807) is 0 Å². The van der Waals surface area contributed by atoms with Crippen molar-refractivity contribution in [2.24, 2.45) is 46.9 Å². The van der Waals surface area contributed by atoms with E-state index in [9.17, 15) is 19.7 Å². The van der Waals surface area contributed by atoms with E-state index >= 15 is 0 Å². The first-order valence-corrected chi connectivity index (χ1v) is 16.6. The molecule has 3 saturated carbocycles. The summed E-state index contributed by atoms with van der Waals surface area (Å²) in [5, 5.41) is 14.1. The van der Waals surface area contributed by atoms with E-state index in [1.165, 1.54) is 0 Å². The Morgan fingerprint density at radius 3 is 2.67 bits per heavy atom. The van der Waals surface area contributed by atoms with E-state index < -0.39 is 23.7 Å². The van der Waals surface area contributed by atoms with Crippen LogP contribution in [0, 0.1) is 39.2 Å². The molecule has 4 N–H and O–H groups in total. The highest BCUT2D eigenvalue weighted by atomic mass is 16.7. The molecule has 13 heteroatoms. The van der Waals surface area contributed by atoms with Crippen LogP contribution in [0.5, 0.6) is 0 Å². The Labute approximate surface area is 271 Å². The third-order valence-electron chi connectivity index (χ3n) is 10.8. The van der Waals surface area contributed by atoms with Crippen LogP contribution < -0.4 is 16.5 Å². The zero-order valence-electron chi connectivity index (χ0n) is 28.0. The number of aryl methyl sites for hydroxylation is 1. The molecular weight excluding hydrogens is 587 g/mol. The van der Waals surface area contributed by atoms with Gasteiger partial charge in [0.1, 0.15) is 5.78 Å². The molecule has 4 aliphatic rings. The molecule has 12 nitrogen and oxygen atoms in total. The third-order valence-corrected chi connectivity index (χ3v) is 10.8. The third kappa shape index (κ3) is 6.95. The number of carbonyl (C=O) groups excluding carboxylic acids is 2. The van der Waals surface area contributed by atoms with Gasteiger partial charge >= 0.3 is 7.12 Å². The molecule has 3 aliphatic carbocycles. The fourth-order valence-corrected chi connectivity index (χ4v) is 8.24. The summed E-state index contributed by atoms with van der Waals surface area (Å²) >= 11 is 0. The number of hydrazine groups is 1. The van der Waals surface area contributed by atoms with Gasteiger partial charge in [-0.05, 0) is 73.8 Å². The second-order valence-electron chi connectivity index (χ2n) is 14.8. The number of nitrogens with one attached hydrogen (secondary N) is 2. The van der Waals surface area contributed by atoms with Crippen LogP contribution in [-0.4, -0.2) is 58.6 Å². The SMILES string of the molecule is CC(C)C[C@H](NC(=O)[C@H](CCCN=C(N)N[N+](=O)[O-])CC(=O)Cc1cn(C)c2ccccc12)B1O[C@@H]2C[C@@H]3C[C@@H](C3(C)C)[C@]2(C)O1. The van der Waals surface area contributed by atoms with Crippen molar-refractivity contribution in [3.8, 4) is 0 Å². The lowest BCUT2D eigenvalue weighted by molar-refractivity contribution is -0.525. The quantitative estimate of drug-likeness (QED) is 0.0701. The number of para-hydroxylation sites is 1. The van der Waals surface area contributed by atoms with Gasteiger partial charge < -0.3 is 24.9 Å². The van der Waals surface area contributed by atoms with Gasteiger partial charge in [-0.25, -0.2) is 15.1 Å². The summed E-state index contributed by atoms with van der Waals surface area (Å²) in [7, 11) is 1.39. The van der Waals surface area contributed by atoms with E-state index in [0.29, 0.717) is 31.1 Å². The minimum atomic E-state index is -0.774. The fraction of sp³-hybridized carbons (Fsp3) is 0.667. The summed E-state index contributed by atoms with van der Waals surface area (Å²) in [6.45, 7) is 11.2. The van der Waals surface area contributed by atoms with E-state index in [4.69, 9.17) is 15.0 Å². The Kier molecular flexibility index (Phi) is 9.84. The van der Waals surface area contributed by atoms with Crippen LogP contribution in [0.15, 0.2) is 35.5 Å². The summed E-state index contributed by atoms with van der Waals surface area (Å²) in [4.78, 5) is 42.2. The number of aliphatic imine (C=N–C) groups is 1. The molecule has 2 heterocycles. The molecule has 0 radical (unpaired) electrons. The lowest BCUT2D eigenvalue weighted by Gasteiger charge is -2.64. The van der Waals surface area contributed by atoms with Gasteiger partial charge in [0.15, 0.2) is 5.03 Å². The topological polar surface area (TPSA) is 163 Å². The van der Waals surface area contributed by atoms with Crippen molar-refractivity contribution in [3.63, 3.8) is 0 Å². The lowest BCUT2D eigenvalue weighted by atomic mass is 9.43. The van der Waals surface area contributed by atoms with Crippen molar-refractivity contribution in [3.05, 3.63) is 46.1 Å². The number of aromatic nitrogens is 1. The number of rotatable bonds is 14. The average Bonchev–Trinajstić information content (AvgIpc) is 3.49. The van der Waals surface area contributed by atoms with Gasteiger partial charge in [0.05, 0.1) is 17.6 Å². The second-order valence-corrected chi connectivity index (χ2v) is 14.8. The van der Waals surface area contributed by atoms with Crippen molar-refractivity contribution >= 4 is 35.7 Å². The molecule has 46 heavy (non-hydrogen) atoms. The van der Waals surface area contributed by atoms with Crippen molar-refractivity contribution in [2.75, 3.05) is 6.54 Å². The normalized spacial score (nSPS) is 26.4. The van der Waals surface area contributed by atoms with Crippen molar-refractivity contribution < 1.29 is 23.9 Å². The maximum absolute atomic E-state index is 14.0. The summed E-state index contributed by atoms with van der Waals surface area (Å²) in [5.74, 6) is -0.269. The largest absolute Gasteiger partial charge is 0.481 e. The number of amides is 1. The first-order chi connectivity index (χ1) is 21.7. The summed E-state index contributed by atoms with van der Waals surface area (Å²) in [6.07, 6.45) is 5.78. The summed E-state index contributed by atoms with van der Waals surface area (Å²) in [6, 6.07) is 7.94. The van der Waals surface area contributed by atoms with Crippen LogP contribution in [0.25, 0.3) is 10.9 Å². The van der Waals surface area contributed by atoms with Crippen molar-refractivity contribution in [1.82, 2.24) is 15.3 Å². The Hall–Kier alpha value is -3.45. The maximum atomic E-state index is 14.0. The lowest BCUT2D eigenvalue weighted by Crippen LogP contribution is -2.65. The summed E-state index contributed by atoms with van der Waals surface area (Å²) in [5.41, 5.74) is 9.17. The highest BCUT2D eigenvalue weighted by molar-refractivity contribution is 6.47. The van der Waals surface area contributed by atoms with Gasteiger partial charge in [-0.15, -0.1) is 0 Å². The number of nitrogens with zero attached hydrogens (tertiary/aromatic N) is 3. The first kappa shape index (κ1) is 33.9. The van der Waals surface area contributed by atoms with Crippen LogP contribution in [0.1, 0.15) is 78.7 Å². The Balaban J connectivity index is 1.29. The predicted molar refractivity (Wildman–Crippen MR) is 177 cm³/mol. The van der Waals surface area contributed by atoms with Gasteiger partial charge in [-0.2, -0.15) is 0 Å². The molecule has 6 rings (SSSR count). The molecule has 1 saturated heterocycles. The highest BCUT2D eigenvalue weighted by Gasteiger charge is 2.68. The molecule has 2 bridgehead atoms. The van der Waals surface area contributed by atoms with Crippen molar-refractivity contribution in [2.45, 2.75) is 97.2 Å². The number of benzene rings is 1. The van der Waals surface area contributed by atoms with Crippen LogP contribution in [-0.2, 0) is 32.4 Å². The van der Waals surface area contributed by atoms with Crippen molar-refractivity contribution in [1.29, 1.82) is 0 Å². The Bertz CT molecular complexity index is 1490. The molecule has 1 aliphatic heterocycles. The highest BCUT2D eigenvalue weighted by Crippen LogP contribution is 2.65. The molecule has 1 aromatic carbocycles. The van der Waals surface area contributed by atoms with E-state index in [2.05, 4.69) is 44.9 Å². The molecular formula is C33H49BN6O6.